The first kappa shape index (κ1) is 18.1. The van der Waals surface area contributed by atoms with Crippen molar-refractivity contribution in [2.45, 2.75) is 26.3 Å². The van der Waals surface area contributed by atoms with Gasteiger partial charge in [0.05, 0.1) is 21.3 Å². The first-order valence-corrected chi connectivity index (χ1v) is 9.14. The zero-order valence-corrected chi connectivity index (χ0v) is 15.8. The number of primary amides is 1. The number of rotatable bonds is 5. The number of halogens is 1. The van der Waals surface area contributed by atoms with E-state index < -0.39 is 5.91 Å². The Kier molecular flexibility index (Phi) is 5.07. The molecule has 132 valence electrons. The second-order valence-corrected chi connectivity index (χ2v) is 7.24. The largest absolute Gasteiger partial charge is 0.364 e. The summed E-state index contributed by atoms with van der Waals surface area (Å²) < 4.78 is 1.83. The zero-order chi connectivity index (χ0) is 18.8. The molecule has 1 atom stereocenters. The molecule has 26 heavy (non-hydrogen) atoms. The van der Waals surface area contributed by atoms with Gasteiger partial charge in [-0.05, 0) is 24.6 Å². The van der Waals surface area contributed by atoms with E-state index in [0.717, 1.165) is 21.8 Å². The van der Waals surface area contributed by atoms with Gasteiger partial charge in [-0.2, -0.15) is 10.4 Å². The van der Waals surface area contributed by atoms with Gasteiger partial charge in [0.25, 0.3) is 5.91 Å². The van der Waals surface area contributed by atoms with Crippen molar-refractivity contribution < 1.29 is 4.79 Å². The molecule has 0 aliphatic heterocycles. The van der Waals surface area contributed by atoms with Crippen molar-refractivity contribution in [3.63, 3.8) is 0 Å². The average molecular weight is 386 g/mol. The van der Waals surface area contributed by atoms with E-state index in [1.165, 1.54) is 11.3 Å². The van der Waals surface area contributed by atoms with Gasteiger partial charge in [0, 0.05) is 29.6 Å². The highest BCUT2D eigenvalue weighted by Gasteiger charge is 2.16. The van der Waals surface area contributed by atoms with Crippen LogP contribution in [0.2, 0.25) is 5.02 Å². The van der Waals surface area contributed by atoms with Gasteiger partial charge in [-0.15, -0.1) is 11.3 Å². The molecule has 2 heterocycles. The van der Waals surface area contributed by atoms with Crippen LogP contribution in [-0.2, 0) is 6.54 Å². The average Bonchev–Trinajstić information content (AvgIpc) is 3.27. The number of nitrogens with two attached hydrogens (primary N) is 1. The van der Waals surface area contributed by atoms with Gasteiger partial charge in [0.2, 0.25) is 0 Å². The van der Waals surface area contributed by atoms with E-state index in [1.807, 2.05) is 36.9 Å². The zero-order valence-electron chi connectivity index (χ0n) is 14.2. The molecule has 1 aromatic carbocycles. The minimum absolute atomic E-state index is 0.0894. The molecule has 1 unspecified atom stereocenters. The van der Waals surface area contributed by atoms with Crippen LogP contribution in [0.3, 0.4) is 0 Å². The molecule has 2 N–H and O–H groups in total. The van der Waals surface area contributed by atoms with E-state index in [2.05, 4.69) is 16.2 Å². The second kappa shape index (κ2) is 7.28. The van der Waals surface area contributed by atoms with Crippen molar-refractivity contribution >= 4 is 28.8 Å². The second-order valence-electron chi connectivity index (χ2n) is 5.97. The molecule has 0 fully saturated rings. The molecule has 0 aliphatic carbocycles. The van der Waals surface area contributed by atoms with Gasteiger partial charge in [0.1, 0.15) is 11.8 Å². The molecule has 0 saturated carbocycles. The quantitative estimate of drug-likeness (QED) is 0.723. The Bertz CT molecular complexity index is 1020. The topological polar surface area (TPSA) is 97.6 Å². The third-order valence-electron chi connectivity index (χ3n) is 4.08. The SMILES string of the molecule is Cc1c(-c2ccn(CC(C)c3nc(C(N)=O)cs3)n2)ccc(C#N)c1Cl. The smallest absolute Gasteiger partial charge is 0.268 e. The molecular weight excluding hydrogens is 370 g/mol. The number of amides is 1. The summed E-state index contributed by atoms with van der Waals surface area (Å²) in [5.74, 6) is -0.430. The third kappa shape index (κ3) is 3.47. The predicted octanol–water partition coefficient (Wildman–Crippen LogP) is 3.74. The van der Waals surface area contributed by atoms with Crippen molar-refractivity contribution in [1.29, 1.82) is 5.26 Å². The monoisotopic (exact) mass is 385 g/mol. The maximum absolute atomic E-state index is 11.2. The van der Waals surface area contributed by atoms with Gasteiger partial charge in [-0.3, -0.25) is 9.48 Å². The van der Waals surface area contributed by atoms with Crippen LogP contribution in [0.15, 0.2) is 29.8 Å². The normalized spacial score (nSPS) is 11.9. The molecule has 0 bridgehead atoms. The highest BCUT2D eigenvalue weighted by Crippen LogP contribution is 2.30. The molecule has 8 heteroatoms. The van der Waals surface area contributed by atoms with E-state index in [4.69, 9.17) is 22.6 Å². The summed E-state index contributed by atoms with van der Waals surface area (Å²) in [5, 5.41) is 16.6. The van der Waals surface area contributed by atoms with Crippen LogP contribution in [0, 0.1) is 18.3 Å². The number of aromatic nitrogens is 3. The van der Waals surface area contributed by atoms with Crippen LogP contribution in [0.1, 0.15) is 39.5 Å². The number of thiazole rings is 1. The van der Waals surface area contributed by atoms with Crippen LogP contribution in [0.25, 0.3) is 11.3 Å². The molecular formula is C18H16ClN5OS. The Labute approximate surface area is 159 Å². The van der Waals surface area contributed by atoms with E-state index >= 15 is 0 Å². The van der Waals surface area contributed by atoms with Crippen LogP contribution >= 0.6 is 22.9 Å². The van der Waals surface area contributed by atoms with Crippen molar-refractivity contribution in [2.24, 2.45) is 5.73 Å². The minimum atomic E-state index is -0.519. The fourth-order valence-corrected chi connectivity index (χ4v) is 3.71. The van der Waals surface area contributed by atoms with E-state index in [0.29, 0.717) is 22.8 Å². The molecule has 1 amide bonds. The van der Waals surface area contributed by atoms with Gasteiger partial charge in [-0.25, -0.2) is 4.98 Å². The molecule has 2 aromatic heterocycles. The highest BCUT2D eigenvalue weighted by molar-refractivity contribution is 7.09. The summed E-state index contributed by atoms with van der Waals surface area (Å²) in [7, 11) is 0. The summed E-state index contributed by atoms with van der Waals surface area (Å²) in [6, 6.07) is 7.55. The molecule has 0 saturated heterocycles. The van der Waals surface area contributed by atoms with Crippen LogP contribution in [0.4, 0.5) is 0 Å². The molecule has 3 rings (SSSR count). The molecule has 0 aliphatic rings. The number of carbonyl (C=O) groups excluding carboxylic acids is 1. The minimum Gasteiger partial charge on any atom is -0.364 e. The fourth-order valence-electron chi connectivity index (χ4n) is 2.64. The van der Waals surface area contributed by atoms with Gasteiger partial charge < -0.3 is 5.73 Å². The molecule has 6 nitrogen and oxygen atoms in total. The van der Waals surface area contributed by atoms with Crippen LogP contribution < -0.4 is 5.73 Å². The molecule has 0 spiro atoms. The lowest BCUT2D eigenvalue weighted by molar-refractivity contribution is 0.0996. The van der Waals surface area contributed by atoms with Crippen LogP contribution in [-0.4, -0.2) is 20.7 Å². The van der Waals surface area contributed by atoms with Gasteiger partial charge in [-0.1, -0.05) is 24.6 Å². The Balaban J connectivity index is 1.81. The maximum atomic E-state index is 11.2. The van der Waals surface area contributed by atoms with E-state index in [9.17, 15) is 4.79 Å². The number of nitrogens with zero attached hydrogens (tertiary/aromatic N) is 4. The van der Waals surface area contributed by atoms with E-state index in [-0.39, 0.29) is 5.92 Å². The highest BCUT2D eigenvalue weighted by atomic mass is 35.5. The maximum Gasteiger partial charge on any atom is 0.268 e. The lowest BCUT2D eigenvalue weighted by Crippen LogP contribution is -2.12. The van der Waals surface area contributed by atoms with Gasteiger partial charge >= 0.3 is 0 Å². The Morgan fingerprint density at radius 1 is 1.46 bits per heavy atom. The third-order valence-corrected chi connectivity index (χ3v) is 5.64. The standard InChI is InChI=1S/C18H16ClN5OS/c1-10(18-22-15(9-26-18)17(21)25)8-24-6-5-14(23-24)13-4-3-12(7-20)16(19)11(13)2/h3-6,9-10H,8H2,1-2H3,(H2,21,25). The first-order chi connectivity index (χ1) is 12.4. The molecule has 3 aromatic rings. The Hall–Kier alpha value is -2.69. The van der Waals surface area contributed by atoms with Crippen molar-refractivity contribution in [2.75, 3.05) is 0 Å². The predicted molar refractivity (Wildman–Crippen MR) is 101 cm³/mol. The van der Waals surface area contributed by atoms with Gasteiger partial charge in [0.15, 0.2) is 0 Å². The number of benzene rings is 1. The fraction of sp³-hybridized carbons (Fsp3) is 0.222. The summed E-state index contributed by atoms with van der Waals surface area (Å²) in [4.78, 5) is 15.4. The van der Waals surface area contributed by atoms with Crippen molar-refractivity contribution in [1.82, 2.24) is 14.8 Å². The summed E-state index contributed by atoms with van der Waals surface area (Å²) in [6.07, 6.45) is 1.89. The Morgan fingerprint density at radius 2 is 2.23 bits per heavy atom. The van der Waals surface area contributed by atoms with E-state index in [1.54, 1.807) is 11.4 Å². The number of hydrogen-bond acceptors (Lipinski definition) is 5. The number of carbonyl (C=O) groups is 1. The summed E-state index contributed by atoms with van der Waals surface area (Å²) >= 11 is 7.66. The van der Waals surface area contributed by atoms with Crippen LogP contribution in [0.5, 0.6) is 0 Å². The Morgan fingerprint density at radius 3 is 2.88 bits per heavy atom. The summed E-state index contributed by atoms with van der Waals surface area (Å²) in [5.41, 5.74) is 8.51. The lowest BCUT2D eigenvalue weighted by Gasteiger charge is -2.09. The molecule has 0 radical (unpaired) electrons. The first-order valence-electron chi connectivity index (χ1n) is 7.89. The number of hydrogen-bond donors (Lipinski definition) is 1. The van der Waals surface area contributed by atoms with Crippen molar-refractivity contribution in [3.05, 3.63) is 56.6 Å². The lowest BCUT2D eigenvalue weighted by atomic mass is 10.0. The number of nitriles is 1. The van der Waals surface area contributed by atoms with Crippen molar-refractivity contribution in [3.8, 4) is 17.3 Å². The summed E-state index contributed by atoms with van der Waals surface area (Å²) in [6.45, 7) is 4.52.